The number of hydrogen-bond donors (Lipinski definition) is 0. The van der Waals surface area contributed by atoms with E-state index in [4.69, 9.17) is 0 Å². The van der Waals surface area contributed by atoms with E-state index >= 15 is 0 Å². The molecule has 0 aliphatic carbocycles. The average Bonchev–Trinajstić information content (AvgIpc) is 2.61. The van der Waals surface area contributed by atoms with E-state index in [0.717, 1.165) is 11.8 Å². The summed E-state index contributed by atoms with van der Waals surface area (Å²) in [6.07, 6.45) is 0.783. The van der Waals surface area contributed by atoms with Crippen molar-refractivity contribution in [2.45, 2.75) is 19.8 Å². The van der Waals surface area contributed by atoms with Crippen molar-refractivity contribution in [2.24, 2.45) is 0 Å². The molecular weight excluding hydrogens is 205 g/mol. The van der Waals surface area contributed by atoms with Crippen molar-refractivity contribution in [3.63, 3.8) is 0 Å². The highest BCUT2D eigenvalue weighted by molar-refractivity contribution is 5.45. The van der Waals surface area contributed by atoms with Gasteiger partial charge in [0.05, 0.1) is 5.56 Å². The molecule has 0 aliphatic rings. The summed E-state index contributed by atoms with van der Waals surface area (Å²) in [6, 6.07) is 1.09. The number of aromatic nitrogens is 2. The largest absolute Gasteiger partial charge is 0.302 e. The highest BCUT2D eigenvalue weighted by atomic mass is 19.3. The van der Waals surface area contributed by atoms with Gasteiger partial charge in [0.15, 0.2) is 11.5 Å². The van der Waals surface area contributed by atoms with Gasteiger partial charge in [-0.25, -0.2) is 18.2 Å². The number of rotatable bonds is 2. The van der Waals surface area contributed by atoms with Gasteiger partial charge in [0.25, 0.3) is 6.43 Å². The van der Waals surface area contributed by atoms with Crippen LogP contribution < -0.4 is 0 Å². The van der Waals surface area contributed by atoms with E-state index in [1.165, 1.54) is 16.8 Å². The zero-order chi connectivity index (χ0) is 11.0. The van der Waals surface area contributed by atoms with Crippen LogP contribution in [0.5, 0.6) is 0 Å². The Morgan fingerprint density at radius 1 is 1.47 bits per heavy atom. The van der Waals surface area contributed by atoms with Crippen molar-refractivity contribution in [2.75, 3.05) is 0 Å². The van der Waals surface area contributed by atoms with Crippen molar-refractivity contribution in [1.82, 2.24) is 9.38 Å². The van der Waals surface area contributed by atoms with Crippen LogP contribution in [0.1, 0.15) is 24.6 Å². The van der Waals surface area contributed by atoms with Gasteiger partial charge in [0, 0.05) is 18.1 Å². The number of imidazole rings is 1. The molecule has 2 rings (SSSR count). The summed E-state index contributed by atoms with van der Waals surface area (Å²) in [6.45, 7) is 1.89. The van der Waals surface area contributed by atoms with Crippen molar-refractivity contribution < 1.29 is 13.2 Å². The zero-order valence-electron chi connectivity index (χ0n) is 8.04. The Morgan fingerprint density at radius 2 is 2.20 bits per heavy atom. The maximum absolute atomic E-state index is 13.5. The molecule has 0 N–H and O–H groups in total. The van der Waals surface area contributed by atoms with Crippen LogP contribution in [0.3, 0.4) is 0 Å². The first-order chi connectivity index (χ1) is 7.15. The molecule has 0 bridgehead atoms. The van der Waals surface area contributed by atoms with E-state index in [-0.39, 0.29) is 5.65 Å². The number of alkyl halides is 2. The van der Waals surface area contributed by atoms with Gasteiger partial charge in [-0.2, -0.15) is 0 Å². The third-order valence-electron chi connectivity index (χ3n) is 2.32. The molecule has 0 saturated carbocycles. The van der Waals surface area contributed by atoms with Crippen LogP contribution in [0.25, 0.3) is 5.65 Å². The number of aryl methyl sites for hydroxylation is 1. The molecule has 2 heterocycles. The Hall–Kier alpha value is -1.52. The maximum atomic E-state index is 13.5. The summed E-state index contributed by atoms with van der Waals surface area (Å²) in [5.41, 5.74) is 0.158. The molecule has 2 nitrogen and oxygen atoms in total. The lowest BCUT2D eigenvalue weighted by atomic mass is 10.2. The summed E-state index contributed by atoms with van der Waals surface area (Å²) < 4.78 is 39.7. The fraction of sp³-hybridized carbons (Fsp3) is 0.300. The molecule has 15 heavy (non-hydrogen) atoms. The summed E-state index contributed by atoms with van der Waals surface area (Å²) in [7, 11) is 0. The molecule has 0 fully saturated rings. The molecule has 0 aromatic carbocycles. The molecule has 0 unspecified atom stereocenters. The Balaban J connectivity index is 2.70. The third-order valence-corrected chi connectivity index (χ3v) is 2.32. The lowest BCUT2D eigenvalue weighted by molar-refractivity contribution is 0.146. The molecule has 2 aromatic heterocycles. The Labute approximate surface area is 84.4 Å². The number of halogens is 3. The molecule has 80 valence electrons. The van der Waals surface area contributed by atoms with Crippen molar-refractivity contribution >= 4 is 5.65 Å². The molecule has 0 spiro atoms. The second-order valence-corrected chi connectivity index (χ2v) is 3.18. The van der Waals surface area contributed by atoms with Crippen LogP contribution in [0.15, 0.2) is 18.5 Å². The van der Waals surface area contributed by atoms with Gasteiger partial charge in [-0.3, -0.25) is 0 Å². The smallest absolute Gasteiger partial charge is 0.266 e. The Kier molecular flexibility index (Phi) is 2.38. The first-order valence-electron chi connectivity index (χ1n) is 4.57. The minimum atomic E-state index is -2.81. The third kappa shape index (κ3) is 1.48. The predicted octanol–water partition coefficient (Wildman–Crippen LogP) is 2.97. The fourth-order valence-corrected chi connectivity index (χ4v) is 1.51. The minimum absolute atomic E-state index is 0.0374. The van der Waals surface area contributed by atoms with Crippen LogP contribution in [-0.4, -0.2) is 9.38 Å². The summed E-state index contributed by atoms with van der Waals surface area (Å²) in [5, 5.41) is 0. The fourth-order valence-electron chi connectivity index (χ4n) is 1.51. The molecule has 2 aromatic rings. The zero-order valence-corrected chi connectivity index (χ0v) is 8.04. The van der Waals surface area contributed by atoms with Gasteiger partial charge in [-0.15, -0.1) is 0 Å². The maximum Gasteiger partial charge on any atom is 0.266 e. The first kappa shape index (κ1) is 10.0. The van der Waals surface area contributed by atoms with Gasteiger partial charge in [0.2, 0.25) is 0 Å². The molecule has 0 aliphatic heterocycles. The van der Waals surface area contributed by atoms with E-state index in [2.05, 4.69) is 4.98 Å². The summed E-state index contributed by atoms with van der Waals surface area (Å²) >= 11 is 0. The lowest BCUT2D eigenvalue weighted by Crippen LogP contribution is -1.98. The average molecular weight is 214 g/mol. The van der Waals surface area contributed by atoms with Gasteiger partial charge >= 0.3 is 0 Å². The predicted molar refractivity (Wildman–Crippen MR) is 49.5 cm³/mol. The molecule has 0 radical (unpaired) electrons. The quantitative estimate of drug-likeness (QED) is 0.751. The van der Waals surface area contributed by atoms with Crippen LogP contribution in [0.4, 0.5) is 13.2 Å². The van der Waals surface area contributed by atoms with E-state index in [1.54, 1.807) is 0 Å². The van der Waals surface area contributed by atoms with Crippen LogP contribution >= 0.6 is 0 Å². The molecule has 0 atom stereocenters. The molecule has 0 amide bonds. The second-order valence-electron chi connectivity index (χ2n) is 3.18. The van der Waals surface area contributed by atoms with Gasteiger partial charge in [-0.1, -0.05) is 6.92 Å². The second kappa shape index (κ2) is 3.56. The molecule has 5 heteroatoms. The summed E-state index contributed by atoms with van der Waals surface area (Å²) in [4.78, 5) is 3.79. The highest BCUT2D eigenvalue weighted by Gasteiger charge is 2.17. The standard InChI is InChI=1S/C10H9F3N2/c1-2-6-5-14-10-8(11)7(9(12)13)3-4-15(6)10/h3-5,9H,2H2,1H3. The highest BCUT2D eigenvalue weighted by Crippen LogP contribution is 2.24. The van der Waals surface area contributed by atoms with E-state index < -0.39 is 17.8 Å². The summed E-state index contributed by atoms with van der Waals surface area (Å²) in [5.74, 6) is -0.938. The van der Waals surface area contributed by atoms with Crippen LogP contribution in [0, 0.1) is 5.82 Å². The van der Waals surface area contributed by atoms with E-state index in [9.17, 15) is 13.2 Å². The number of nitrogens with zero attached hydrogens (tertiary/aromatic N) is 2. The van der Waals surface area contributed by atoms with Crippen molar-refractivity contribution in [1.29, 1.82) is 0 Å². The molecule has 0 saturated heterocycles. The molecular formula is C10H9F3N2. The Bertz CT molecular complexity index is 491. The number of pyridine rings is 1. The van der Waals surface area contributed by atoms with E-state index in [0.29, 0.717) is 6.42 Å². The van der Waals surface area contributed by atoms with E-state index in [1.807, 2.05) is 6.92 Å². The van der Waals surface area contributed by atoms with Crippen LogP contribution in [0.2, 0.25) is 0 Å². The normalized spacial score (nSPS) is 11.5. The number of hydrogen-bond acceptors (Lipinski definition) is 1. The van der Waals surface area contributed by atoms with Gasteiger partial charge < -0.3 is 4.40 Å². The minimum Gasteiger partial charge on any atom is -0.302 e. The lowest BCUT2D eigenvalue weighted by Gasteiger charge is -2.04. The van der Waals surface area contributed by atoms with Crippen LogP contribution in [-0.2, 0) is 6.42 Å². The first-order valence-corrected chi connectivity index (χ1v) is 4.57. The number of fused-ring (bicyclic) bond motifs is 1. The van der Waals surface area contributed by atoms with Crippen molar-refractivity contribution in [3.05, 3.63) is 35.5 Å². The van der Waals surface area contributed by atoms with Crippen molar-refractivity contribution in [3.8, 4) is 0 Å². The van der Waals surface area contributed by atoms with Gasteiger partial charge in [0.1, 0.15) is 0 Å². The Morgan fingerprint density at radius 3 is 2.80 bits per heavy atom. The monoisotopic (exact) mass is 214 g/mol. The SMILES string of the molecule is CCc1cnc2c(F)c(C(F)F)ccn12. The van der Waals surface area contributed by atoms with Gasteiger partial charge in [-0.05, 0) is 12.5 Å². The topological polar surface area (TPSA) is 17.3 Å².